The first-order valence-corrected chi connectivity index (χ1v) is 4.91. The first kappa shape index (κ1) is 16.1. The van der Waals surface area contributed by atoms with Crippen LogP contribution in [0.5, 0.6) is 0 Å². The summed E-state index contributed by atoms with van der Waals surface area (Å²) < 4.78 is 27.0. The highest BCUT2D eigenvalue weighted by Crippen LogP contribution is 2.13. The number of hydrogen-bond acceptors (Lipinski definition) is 2. The van der Waals surface area contributed by atoms with E-state index in [1.165, 1.54) is 16.8 Å². The van der Waals surface area contributed by atoms with Gasteiger partial charge in [0.15, 0.2) is 0 Å². The van der Waals surface area contributed by atoms with Crippen LogP contribution in [0.25, 0.3) is 0 Å². The maximum atomic E-state index is 12.8. The van der Waals surface area contributed by atoms with Crippen molar-refractivity contribution in [3.05, 3.63) is 23.0 Å². The van der Waals surface area contributed by atoms with Gasteiger partial charge in [0.25, 0.3) is 11.8 Å². The highest BCUT2D eigenvalue weighted by Gasteiger charge is 2.27. The Morgan fingerprint density at radius 2 is 2.24 bits per heavy atom. The highest BCUT2D eigenvalue weighted by molar-refractivity contribution is 6.31. The first-order valence-electron chi connectivity index (χ1n) is 4.54. The van der Waals surface area contributed by atoms with E-state index in [2.05, 4.69) is 5.32 Å². The summed E-state index contributed by atoms with van der Waals surface area (Å²) in [6.07, 6.45) is 1.51. The summed E-state index contributed by atoms with van der Waals surface area (Å²) >= 11 is 5.66. The number of halogens is 4. The number of nitrogens with one attached hydrogen (secondary N) is 1. The van der Waals surface area contributed by atoms with Gasteiger partial charge in [0.2, 0.25) is 0 Å². The lowest BCUT2D eigenvalue weighted by atomic mass is 10.3. The summed E-state index contributed by atoms with van der Waals surface area (Å²) in [5.41, 5.74) is 5.06. The van der Waals surface area contributed by atoms with Gasteiger partial charge >= 0.3 is 0 Å². The Morgan fingerprint density at radius 1 is 1.65 bits per heavy atom. The van der Waals surface area contributed by atoms with Crippen molar-refractivity contribution < 1.29 is 13.6 Å². The van der Waals surface area contributed by atoms with Crippen molar-refractivity contribution >= 4 is 29.9 Å². The van der Waals surface area contributed by atoms with E-state index in [1.54, 1.807) is 7.05 Å². The normalized spacial score (nSPS) is 10.9. The number of rotatable bonds is 4. The zero-order valence-electron chi connectivity index (χ0n) is 9.04. The van der Waals surface area contributed by atoms with Gasteiger partial charge in [0.05, 0.1) is 18.1 Å². The van der Waals surface area contributed by atoms with E-state index in [4.69, 9.17) is 17.3 Å². The first-order chi connectivity index (χ1) is 7.35. The molecule has 0 fully saturated rings. The molecule has 0 aliphatic rings. The van der Waals surface area contributed by atoms with Crippen molar-refractivity contribution in [3.8, 4) is 0 Å². The third-order valence-electron chi connectivity index (χ3n) is 2.01. The summed E-state index contributed by atoms with van der Waals surface area (Å²) in [5.74, 6) is -3.70. The van der Waals surface area contributed by atoms with Crippen LogP contribution in [-0.4, -0.2) is 29.5 Å². The Bertz CT molecular complexity index is 396. The lowest BCUT2D eigenvalue weighted by molar-refractivity contribution is 0.0118. The molecule has 0 aromatic carbocycles. The molecule has 0 aliphatic heterocycles. The number of carbonyl (C=O) groups excluding carboxylic acids is 1. The molecule has 0 saturated carbocycles. The van der Waals surface area contributed by atoms with Crippen LogP contribution in [0.3, 0.4) is 0 Å². The maximum Gasteiger partial charge on any atom is 0.277 e. The van der Waals surface area contributed by atoms with Crippen LogP contribution in [0.1, 0.15) is 10.5 Å². The molecule has 17 heavy (non-hydrogen) atoms. The van der Waals surface area contributed by atoms with Crippen LogP contribution in [0.15, 0.2) is 12.3 Å². The fourth-order valence-electron chi connectivity index (χ4n) is 1.12. The van der Waals surface area contributed by atoms with E-state index in [0.717, 1.165) is 0 Å². The summed E-state index contributed by atoms with van der Waals surface area (Å²) in [6, 6.07) is 1.40. The van der Waals surface area contributed by atoms with Gasteiger partial charge in [-0.1, -0.05) is 11.6 Å². The zero-order valence-corrected chi connectivity index (χ0v) is 10.6. The monoisotopic (exact) mass is 287 g/mol. The number of nitrogens with two attached hydrogens (primary N) is 1. The van der Waals surface area contributed by atoms with E-state index in [-0.39, 0.29) is 18.1 Å². The quantitative estimate of drug-likeness (QED) is 0.880. The van der Waals surface area contributed by atoms with Gasteiger partial charge in [-0.05, 0) is 6.07 Å². The molecular formula is C9H13Cl2F2N3O. The molecule has 0 bridgehead atoms. The Kier molecular flexibility index (Phi) is 5.87. The summed E-state index contributed by atoms with van der Waals surface area (Å²) in [4.78, 5) is 11.5. The number of hydrogen-bond donors (Lipinski definition) is 2. The number of aryl methyl sites for hydroxylation is 1. The predicted molar refractivity (Wildman–Crippen MR) is 64.0 cm³/mol. The van der Waals surface area contributed by atoms with Crippen molar-refractivity contribution in [1.82, 2.24) is 9.88 Å². The van der Waals surface area contributed by atoms with Crippen LogP contribution >= 0.6 is 24.0 Å². The van der Waals surface area contributed by atoms with Crippen LogP contribution < -0.4 is 11.1 Å². The Balaban J connectivity index is 0.00000256. The van der Waals surface area contributed by atoms with Gasteiger partial charge in [-0.3, -0.25) is 4.79 Å². The maximum absolute atomic E-state index is 12.8. The van der Waals surface area contributed by atoms with Crippen molar-refractivity contribution in [3.63, 3.8) is 0 Å². The number of amides is 1. The lowest BCUT2D eigenvalue weighted by Crippen LogP contribution is -2.41. The van der Waals surface area contributed by atoms with Gasteiger partial charge < -0.3 is 15.6 Å². The van der Waals surface area contributed by atoms with Crippen molar-refractivity contribution in [2.75, 3.05) is 13.1 Å². The zero-order chi connectivity index (χ0) is 12.3. The molecule has 4 nitrogen and oxygen atoms in total. The minimum Gasteiger partial charge on any atom is -0.345 e. The molecule has 0 saturated heterocycles. The second-order valence-corrected chi connectivity index (χ2v) is 3.83. The minimum absolute atomic E-state index is 0. The molecule has 1 aromatic rings. The molecule has 3 N–H and O–H groups in total. The average Bonchev–Trinajstić information content (AvgIpc) is 2.54. The van der Waals surface area contributed by atoms with E-state index in [9.17, 15) is 13.6 Å². The van der Waals surface area contributed by atoms with Crippen LogP contribution in [0.4, 0.5) is 8.78 Å². The second-order valence-electron chi connectivity index (χ2n) is 3.40. The van der Waals surface area contributed by atoms with E-state index >= 15 is 0 Å². The molecule has 1 heterocycles. The average molecular weight is 288 g/mol. The minimum atomic E-state index is -3.09. The summed E-state index contributed by atoms with van der Waals surface area (Å²) in [6.45, 7) is -1.59. The largest absolute Gasteiger partial charge is 0.345 e. The Hall–Kier alpha value is -0.850. The van der Waals surface area contributed by atoms with Gasteiger partial charge in [-0.25, -0.2) is 8.78 Å². The third-order valence-corrected chi connectivity index (χ3v) is 2.22. The molecule has 8 heteroatoms. The van der Waals surface area contributed by atoms with Crippen LogP contribution in [0, 0.1) is 0 Å². The smallest absolute Gasteiger partial charge is 0.277 e. The van der Waals surface area contributed by atoms with Gasteiger partial charge in [-0.2, -0.15) is 0 Å². The highest BCUT2D eigenvalue weighted by atomic mass is 35.5. The standard InChI is InChI=1S/C9H12ClF2N3O.ClH/c1-15-3-6(10)2-7(15)8(16)14-5-9(11,12)4-13;/h2-3H,4-5,13H2,1H3,(H,14,16);1H. The fraction of sp³-hybridized carbons (Fsp3) is 0.444. The summed E-state index contributed by atoms with van der Waals surface area (Å²) in [5, 5.41) is 2.47. The van der Waals surface area contributed by atoms with Crippen LogP contribution in [-0.2, 0) is 7.05 Å². The SMILES string of the molecule is Cl.Cn1cc(Cl)cc1C(=O)NCC(F)(F)CN. The van der Waals surface area contributed by atoms with Gasteiger partial charge in [-0.15, -0.1) is 12.4 Å². The molecule has 98 valence electrons. The van der Waals surface area contributed by atoms with Crippen molar-refractivity contribution in [2.45, 2.75) is 5.92 Å². The topological polar surface area (TPSA) is 60.0 Å². The molecule has 0 radical (unpaired) electrons. The number of carbonyl (C=O) groups is 1. The fourth-order valence-corrected chi connectivity index (χ4v) is 1.37. The number of alkyl halides is 2. The molecule has 1 rings (SSSR count). The Labute approximate surface area is 109 Å². The van der Waals surface area contributed by atoms with E-state index in [1.807, 2.05) is 0 Å². The second kappa shape index (κ2) is 6.18. The Morgan fingerprint density at radius 3 is 2.65 bits per heavy atom. The van der Waals surface area contributed by atoms with Gasteiger partial charge in [0, 0.05) is 13.2 Å². The third kappa shape index (κ3) is 4.49. The van der Waals surface area contributed by atoms with Crippen molar-refractivity contribution in [2.24, 2.45) is 12.8 Å². The van der Waals surface area contributed by atoms with Crippen LogP contribution in [0.2, 0.25) is 5.02 Å². The van der Waals surface area contributed by atoms with Crippen molar-refractivity contribution in [1.29, 1.82) is 0 Å². The molecule has 1 aromatic heterocycles. The molecule has 0 unspecified atom stereocenters. The lowest BCUT2D eigenvalue weighted by Gasteiger charge is -2.14. The molecule has 0 spiro atoms. The number of nitrogens with zero attached hydrogens (tertiary/aromatic N) is 1. The molecular weight excluding hydrogens is 275 g/mol. The summed E-state index contributed by atoms with van der Waals surface area (Å²) in [7, 11) is 1.60. The number of aromatic nitrogens is 1. The van der Waals surface area contributed by atoms with E-state index in [0.29, 0.717) is 5.02 Å². The molecule has 0 aliphatic carbocycles. The predicted octanol–water partition coefficient (Wildman–Crippen LogP) is 1.42. The van der Waals surface area contributed by atoms with E-state index < -0.39 is 24.9 Å². The molecule has 1 amide bonds. The molecule has 0 atom stereocenters. The van der Waals surface area contributed by atoms with Gasteiger partial charge in [0.1, 0.15) is 5.69 Å².